The maximum Gasteiger partial charge on any atom is 0.329 e. The average molecular weight is 344 g/mol. The monoisotopic (exact) mass is 343 g/mol. The Balaban J connectivity index is 2.54. The number of phenols is 1. The van der Waals surface area contributed by atoms with Gasteiger partial charge < -0.3 is 19.9 Å². The van der Waals surface area contributed by atoms with Crippen molar-refractivity contribution in [1.82, 2.24) is 10.7 Å². The second kappa shape index (κ2) is 9.65. The van der Waals surface area contributed by atoms with Gasteiger partial charge in [-0.25, -0.2) is 5.43 Å². The number of hydrazone groups is 1. The van der Waals surface area contributed by atoms with Crippen molar-refractivity contribution in [1.29, 1.82) is 0 Å². The number of hydrogen-bond acceptors (Lipinski definition) is 6. The highest BCUT2D eigenvalue weighted by Gasteiger charge is 2.11. The van der Waals surface area contributed by atoms with Gasteiger partial charge in [-0.15, -0.1) is 0 Å². The molecule has 0 aliphatic heterocycles. The van der Waals surface area contributed by atoms with Gasteiger partial charge in [0.05, 0.1) is 18.3 Å². The summed E-state index contributed by atoms with van der Waals surface area (Å²) in [5.74, 6) is -1.71. The van der Waals surface area contributed by atoms with Gasteiger partial charge in [0.2, 0.25) is 0 Å². The summed E-state index contributed by atoms with van der Waals surface area (Å²) in [5.41, 5.74) is 2.56. The number of carbonyl (C=O) groups is 2. The fraction of sp³-hybridized carbons (Fsp3) is 0.357. The molecule has 0 unspecified atom stereocenters. The molecule has 0 aromatic heterocycles. The molecule has 23 heavy (non-hydrogen) atoms. The summed E-state index contributed by atoms with van der Waals surface area (Å²) in [6, 6.07) is 2.90. The molecule has 1 aromatic rings. The third-order valence-corrected chi connectivity index (χ3v) is 2.96. The minimum atomic E-state index is -0.893. The molecule has 1 rings (SSSR count). The van der Waals surface area contributed by atoms with E-state index in [2.05, 4.69) is 15.8 Å². The highest BCUT2D eigenvalue weighted by molar-refractivity contribution is 6.35. The van der Waals surface area contributed by atoms with Crippen LogP contribution in [0.3, 0.4) is 0 Å². The van der Waals surface area contributed by atoms with Crippen molar-refractivity contribution < 1.29 is 24.2 Å². The number of hydrogen-bond donors (Lipinski definition) is 3. The number of rotatable bonds is 7. The third-order valence-electron chi connectivity index (χ3n) is 2.67. The summed E-state index contributed by atoms with van der Waals surface area (Å²) in [7, 11) is 2.93. The zero-order chi connectivity index (χ0) is 17.2. The van der Waals surface area contributed by atoms with Crippen LogP contribution in [0.15, 0.2) is 17.2 Å². The van der Waals surface area contributed by atoms with Crippen LogP contribution in [-0.2, 0) is 14.3 Å². The minimum absolute atomic E-state index is 0.0769. The van der Waals surface area contributed by atoms with Gasteiger partial charge in [0.1, 0.15) is 0 Å². The van der Waals surface area contributed by atoms with Gasteiger partial charge in [-0.2, -0.15) is 5.10 Å². The van der Waals surface area contributed by atoms with Crippen LogP contribution in [-0.4, -0.2) is 50.5 Å². The number of nitrogens with one attached hydrogen (secondary N) is 2. The van der Waals surface area contributed by atoms with Crippen molar-refractivity contribution in [3.05, 3.63) is 22.7 Å². The Labute approximate surface area is 138 Å². The van der Waals surface area contributed by atoms with E-state index < -0.39 is 11.8 Å². The lowest BCUT2D eigenvalue weighted by atomic mass is 10.2. The molecular formula is C14H18ClN3O5. The Bertz CT molecular complexity index is 592. The Morgan fingerprint density at radius 3 is 2.74 bits per heavy atom. The van der Waals surface area contributed by atoms with Gasteiger partial charge in [0.15, 0.2) is 11.5 Å². The van der Waals surface area contributed by atoms with Gasteiger partial charge in [-0.05, 0) is 24.1 Å². The number of phenolic OH excluding ortho intramolecular Hbond substituents is 1. The zero-order valence-electron chi connectivity index (χ0n) is 12.8. The van der Waals surface area contributed by atoms with E-state index in [9.17, 15) is 14.7 Å². The molecule has 0 saturated carbocycles. The van der Waals surface area contributed by atoms with Crippen LogP contribution in [0.5, 0.6) is 11.5 Å². The van der Waals surface area contributed by atoms with E-state index in [1.807, 2.05) is 0 Å². The number of carbonyl (C=O) groups excluding carboxylic acids is 2. The first kappa shape index (κ1) is 18.7. The first-order chi connectivity index (χ1) is 11.0. The standard InChI is InChI=1S/C14H18ClN3O5/c1-22-5-3-4-16-13(20)14(21)18-17-8-9-6-10(15)12(19)11(7-9)23-2/h6-8,19H,3-5H2,1-2H3,(H,16,20)(H,18,21)/b17-8-. The van der Waals surface area contributed by atoms with Crippen LogP contribution in [0.2, 0.25) is 5.02 Å². The van der Waals surface area contributed by atoms with Crippen LogP contribution >= 0.6 is 11.6 Å². The number of methoxy groups -OCH3 is 2. The third kappa shape index (κ3) is 6.13. The predicted molar refractivity (Wildman–Crippen MR) is 84.9 cm³/mol. The quantitative estimate of drug-likeness (QED) is 0.291. The van der Waals surface area contributed by atoms with Gasteiger partial charge >= 0.3 is 11.8 Å². The van der Waals surface area contributed by atoms with Gasteiger partial charge in [0.25, 0.3) is 0 Å². The minimum Gasteiger partial charge on any atom is -0.503 e. The van der Waals surface area contributed by atoms with E-state index in [1.54, 1.807) is 7.11 Å². The normalized spacial score (nSPS) is 10.6. The van der Waals surface area contributed by atoms with E-state index in [-0.39, 0.29) is 16.5 Å². The second-order valence-electron chi connectivity index (χ2n) is 4.35. The van der Waals surface area contributed by atoms with E-state index in [4.69, 9.17) is 21.1 Å². The molecule has 0 saturated heterocycles. The molecule has 126 valence electrons. The van der Waals surface area contributed by atoms with Crippen LogP contribution < -0.4 is 15.5 Å². The molecular weight excluding hydrogens is 326 g/mol. The summed E-state index contributed by atoms with van der Waals surface area (Å²) in [4.78, 5) is 22.9. The molecule has 0 radical (unpaired) electrons. The van der Waals surface area contributed by atoms with Crippen LogP contribution in [0.4, 0.5) is 0 Å². The summed E-state index contributed by atoms with van der Waals surface area (Å²) >= 11 is 5.82. The van der Waals surface area contributed by atoms with E-state index in [1.165, 1.54) is 25.5 Å². The van der Waals surface area contributed by atoms with E-state index in [0.717, 1.165) is 0 Å². The van der Waals surface area contributed by atoms with Crippen LogP contribution in [0.25, 0.3) is 0 Å². The number of ether oxygens (including phenoxy) is 2. The molecule has 8 nitrogen and oxygen atoms in total. The molecule has 0 fully saturated rings. The summed E-state index contributed by atoms with van der Waals surface area (Å²) in [6.07, 6.45) is 1.87. The first-order valence-corrected chi connectivity index (χ1v) is 7.04. The molecule has 0 aliphatic rings. The fourth-order valence-electron chi connectivity index (χ4n) is 1.54. The Morgan fingerprint density at radius 1 is 1.35 bits per heavy atom. The lowest BCUT2D eigenvalue weighted by molar-refractivity contribution is -0.139. The highest BCUT2D eigenvalue weighted by Crippen LogP contribution is 2.34. The Hall–Kier alpha value is -2.32. The summed E-state index contributed by atoms with van der Waals surface area (Å²) in [5, 5.41) is 15.7. The Morgan fingerprint density at radius 2 is 2.09 bits per heavy atom. The maximum atomic E-state index is 11.5. The number of halogens is 1. The van der Waals surface area contributed by atoms with Crippen molar-refractivity contribution in [2.24, 2.45) is 5.10 Å². The van der Waals surface area contributed by atoms with Gasteiger partial charge in [-0.3, -0.25) is 9.59 Å². The molecule has 1 aromatic carbocycles. The average Bonchev–Trinajstić information content (AvgIpc) is 2.54. The topological polar surface area (TPSA) is 109 Å². The SMILES string of the molecule is COCCCNC(=O)C(=O)N/N=C\c1cc(Cl)c(O)c(OC)c1. The molecule has 0 aliphatic carbocycles. The largest absolute Gasteiger partial charge is 0.503 e. The number of aromatic hydroxyl groups is 1. The number of amides is 2. The summed E-state index contributed by atoms with van der Waals surface area (Å²) < 4.78 is 9.76. The molecule has 0 atom stereocenters. The van der Waals surface area contributed by atoms with Gasteiger partial charge in [-0.1, -0.05) is 11.6 Å². The van der Waals surface area contributed by atoms with Crippen molar-refractivity contribution in [3.8, 4) is 11.5 Å². The van der Waals surface area contributed by atoms with E-state index in [0.29, 0.717) is 25.1 Å². The molecule has 2 amide bonds. The molecule has 0 heterocycles. The highest BCUT2D eigenvalue weighted by atomic mass is 35.5. The first-order valence-electron chi connectivity index (χ1n) is 6.66. The van der Waals surface area contributed by atoms with E-state index >= 15 is 0 Å². The smallest absolute Gasteiger partial charge is 0.329 e. The van der Waals surface area contributed by atoms with Crippen LogP contribution in [0.1, 0.15) is 12.0 Å². The van der Waals surface area contributed by atoms with Crippen molar-refractivity contribution in [3.63, 3.8) is 0 Å². The lowest BCUT2D eigenvalue weighted by Gasteiger charge is -2.06. The summed E-state index contributed by atoms with van der Waals surface area (Å²) in [6.45, 7) is 0.818. The fourth-order valence-corrected chi connectivity index (χ4v) is 1.76. The number of nitrogens with zero attached hydrogens (tertiary/aromatic N) is 1. The zero-order valence-corrected chi connectivity index (χ0v) is 13.5. The second-order valence-corrected chi connectivity index (χ2v) is 4.76. The number of benzene rings is 1. The maximum absolute atomic E-state index is 11.5. The van der Waals surface area contributed by atoms with Gasteiger partial charge in [0, 0.05) is 20.3 Å². The Kier molecular flexibility index (Phi) is 7.86. The van der Waals surface area contributed by atoms with Crippen molar-refractivity contribution in [2.75, 3.05) is 27.4 Å². The van der Waals surface area contributed by atoms with Crippen molar-refractivity contribution in [2.45, 2.75) is 6.42 Å². The molecule has 9 heteroatoms. The van der Waals surface area contributed by atoms with Crippen LogP contribution in [0, 0.1) is 0 Å². The lowest BCUT2D eigenvalue weighted by Crippen LogP contribution is -2.38. The molecule has 0 bridgehead atoms. The molecule has 0 spiro atoms. The predicted octanol–water partition coefficient (Wildman–Crippen LogP) is 0.657. The van der Waals surface area contributed by atoms with Crippen molar-refractivity contribution >= 4 is 29.6 Å². The molecule has 3 N–H and O–H groups in total.